The zero-order chi connectivity index (χ0) is 13.6. The molecule has 0 aliphatic carbocycles. The summed E-state index contributed by atoms with van der Waals surface area (Å²) in [5.74, 6) is 0. The lowest BCUT2D eigenvalue weighted by molar-refractivity contribution is 0.560. The van der Waals surface area contributed by atoms with Crippen LogP contribution in [0.1, 0.15) is 27.2 Å². The third-order valence-corrected chi connectivity index (χ3v) is 6.02. The fourth-order valence-corrected chi connectivity index (χ4v) is 3.41. The molecule has 0 amide bonds. The van der Waals surface area contributed by atoms with Crippen molar-refractivity contribution in [2.75, 3.05) is 18.0 Å². The summed E-state index contributed by atoms with van der Waals surface area (Å²) in [6.07, 6.45) is 1.17. The van der Waals surface area contributed by atoms with Crippen molar-refractivity contribution < 1.29 is 8.42 Å². The molecule has 1 aliphatic rings. The molecule has 5 heteroatoms. The molecular weight excluding hydrogens is 270 g/mol. The summed E-state index contributed by atoms with van der Waals surface area (Å²) >= 11 is 6.19. The Morgan fingerprint density at radius 2 is 1.83 bits per heavy atom. The van der Waals surface area contributed by atoms with Crippen molar-refractivity contribution in [2.45, 2.75) is 36.8 Å². The summed E-state index contributed by atoms with van der Waals surface area (Å²) in [7, 11) is -3.33. The molecule has 3 nitrogen and oxygen atoms in total. The van der Waals surface area contributed by atoms with E-state index in [0.29, 0.717) is 9.92 Å². The molecule has 1 aromatic rings. The molecule has 1 fully saturated rings. The van der Waals surface area contributed by atoms with Crippen LogP contribution in [-0.2, 0) is 9.84 Å². The maximum absolute atomic E-state index is 12.3. The first-order valence-corrected chi connectivity index (χ1v) is 7.89. The maximum Gasteiger partial charge on any atom is 0.183 e. The normalized spacial score (nSPS) is 16.6. The highest BCUT2D eigenvalue weighted by molar-refractivity contribution is 7.92. The molecule has 0 unspecified atom stereocenters. The van der Waals surface area contributed by atoms with Gasteiger partial charge in [-0.05, 0) is 45.4 Å². The smallest absolute Gasteiger partial charge is 0.183 e. The predicted molar refractivity (Wildman–Crippen MR) is 75.2 cm³/mol. The van der Waals surface area contributed by atoms with Crippen LogP contribution in [0.2, 0.25) is 5.02 Å². The number of hydrogen-bond donors (Lipinski definition) is 0. The summed E-state index contributed by atoms with van der Waals surface area (Å²) < 4.78 is 23.8. The van der Waals surface area contributed by atoms with E-state index < -0.39 is 14.6 Å². The van der Waals surface area contributed by atoms with Gasteiger partial charge in [0, 0.05) is 13.1 Å². The van der Waals surface area contributed by atoms with E-state index >= 15 is 0 Å². The van der Waals surface area contributed by atoms with Gasteiger partial charge in [0.25, 0.3) is 0 Å². The fourth-order valence-electron chi connectivity index (χ4n) is 1.82. The zero-order valence-corrected chi connectivity index (χ0v) is 12.5. The monoisotopic (exact) mass is 287 g/mol. The summed E-state index contributed by atoms with van der Waals surface area (Å²) in [5, 5.41) is 0.514. The van der Waals surface area contributed by atoms with Crippen molar-refractivity contribution in [3.05, 3.63) is 23.2 Å². The Balaban J connectivity index is 2.40. The third kappa shape index (κ3) is 2.24. The number of nitrogens with zero attached hydrogens (tertiary/aromatic N) is 1. The molecular formula is C13H18ClNO2S. The number of sulfone groups is 1. The zero-order valence-electron chi connectivity index (χ0n) is 10.9. The topological polar surface area (TPSA) is 37.4 Å². The Morgan fingerprint density at radius 3 is 2.22 bits per heavy atom. The Morgan fingerprint density at radius 1 is 1.22 bits per heavy atom. The van der Waals surface area contributed by atoms with Crippen LogP contribution in [0.25, 0.3) is 0 Å². The molecule has 0 saturated carbocycles. The van der Waals surface area contributed by atoms with Gasteiger partial charge in [0.15, 0.2) is 9.84 Å². The molecule has 1 aromatic carbocycles. The van der Waals surface area contributed by atoms with Crippen molar-refractivity contribution >= 4 is 27.1 Å². The molecule has 2 rings (SSSR count). The van der Waals surface area contributed by atoms with Crippen molar-refractivity contribution in [1.82, 2.24) is 0 Å². The molecule has 0 bridgehead atoms. The number of anilines is 1. The lowest BCUT2D eigenvalue weighted by atomic mass is 10.2. The average molecular weight is 288 g/mol. The van der Waals surface area contributed by atoms with Gasteiger partial charge < -0.3 is 4.90 Å². The van der Waals surface area contributed by atoms with Crippen molar-refractivity contribution in [2.24, 2.45) is 0 Å². The largest absolute Gasteiger partial charge is 0.370 e. The van der Waals surface area contributed by atoms with Gasteiger partial charge in [0.2, 0.25) is 0 Å². The lowest BCUT2D eigenvalue weighted by Crippen LogP contribution is -2.37. The Bertz CT molecular complexity index is 557. The quantitative estimate of drug-likeness (QED) is 0.839. The van der Waals surface area contributed by atoms with E-state index in [0.717, 1.165) is 18.8 Å². The SMILES string of the molecule is CC(C)(C)S(=O)(=O)c1ccc(N2CCC2)c(Cl)c1. The van der Waals surface area contributed by atoms with Crippen LogP contribution in [-0.4, -0.2) is 26.3 Å². The lowest BCUT2D eigenvalue weighted by Gasteiger charge is -2.34. The first-order valence-electron chi connectivity index (χ1n) is 6.02. The van der Waals surface area contributed by atoms with Gasteiger partial charge in [-0.1, -0.05) is 11.6 Å². The highest BCUT2D eigenvalue weighted by atomic mass is 35.5. The second-order valence-corrected chi connectivity index (χ2v) is 8.68. The van der Waals surface area contributed by atoms with E-state index in [2.05, 4.69) is 4.90 Å². The van der Waals surface area contributed by atoms with Crippen LogP contribution in [0.15, 0.2) is 23.1 Å². The predicted octanol–water partition coefficient (Wildman–Crippen LogP) is 3.12. The summed E-state index contributed by atoms with van der Waals surface area (Å²) in [4.78, 5) is 2.44. The van der Waals surface area contributed by atoms with Gasteiger partial charge in [-0.25, -0.2) is 8.42 Å². The van der Waals surface area contributed by atoms with Gasteiger partial charge in [-0.3, -0.25) is 0 Å². The van der Waals surface area contributed by atoms with E-state index in [-0.39, 0.29) is 0 Å². The minimum atomic E-state index is -3.33. The second-order valence-electron chi connectivity index (χ2n) is 5.57. The average Bonchev–Trinajstić information content (AvgIpc) is 2.16. The number of rotatable bonds is 2. The summed E-state index contributed by atoms with van der Waals surface area (Å²) in [6, 6.07) is 5.02. The first-order chi connectivity index (χ1) is 8.23. The molecule has 1 aliphatic heterocycles. The maximum atomic E-state index is 12.3. The summed E-state index contributed by atoms with van der Waals surface area (Å²) in [6.45, 7) is 7.06. The van der Waals surface area contributed by atoms with E-state index in [1.54, 1.807) is 39.0 Å². The van der Waals surface area contributed by atoms with E-state index in [9.17, 15) is 8.42 Å². The Labute approximate surface area is 114 Å². The first kappa shape index (κ1) is 13.7. The van der Waals surface area contributed by atoms with Gasteiger partial charge in [0.05, 0.1) is 20.4 Å². The molecule has 0 atom stereocenters. The van der Waals surface area contributed by atoms with Crippen LogP contribution in [0, 0.1) is 0 Å². The second kappa shape index (κ2) is 4.42. The van der Waals surface area contributed by atoms with E-state index in [1.807, 2.05) is 0 Å². The number of halogens is 1. The number of hydrogen-bond acceptors (Lipinski definition) is 3. The molecule has 1 heterocycles. The Hall–Kier alpha value is -0.740. The number of benzene rings is 1. The van der Waals surface area contributed by atoms with Crippen LogP contribution in [0.3, 0.4) is 0 Å². The van der Waals surface area contributed by atoms with Crippen LogP contribution < -0.4 is 4.90 Å². The standard InChI is InChI=1S/C13H18ClNO2S/c1-13(2,3)18(16,17)10-5-6-12(11(14)9-10)15-7-4-8-15/h5-6,9H,4,7-8H2,1-3H3. The van der Waals surface area contributed by atoms with Gasteiger partial charge in [0.1, 0.15) is 0 Å². The Kier molecular flexibility index (Phi) is 3.36. The van der Waals surface area contributed by atoms with E-state index in [1.165, 1.54) is 6.42 Å². The van der Waals surface area contributed by atoms with Crippen molar-refractivity contribution in [3.63, 3.8) is 0 Å². The van der Waals surface area contributed by atoms with E-state index in [4.69, 9.17) is 11.6 Å². The van der Waals surface area contributed by atoms with Gasteiger partial charge >= 0.3 is 0 Å². The van der Waals surface area contributed by atoms with Crippen LogP contribution in [0.5, 0.6) is 0 Å². The molecule has 1 saturated heterocycles. The molecule has 18 heavy (non-hydrogen) atoms. The minimum absolute atomic E-state index is 0.296. The minimum Gasteiger partial charge on any atom is -0.370 e. The fraction of sp³-hybridized carbons (Fsp3) is 0.538. The highest BCUT2D eigenvalue weighted by Crippen LogP contribution is 2.33. The van der Waals surface area contributed by atoms with Crippen molar-refractivity contribution in [1.29, 1.82) is 0 Å². The van der Waals surface area contributed by atoms with Crippen molar-refractivity contribution in [3.8, 4) is 0 Å². The third-order valence-electron chi connectivity index (χ3n) is 3.23. The van der Waals surface area contributed by atoms with Crippen LogP contribution >= 0.6 is 11.6 Å². The molecule has 0 spiro atoms. The van der Waals surface area contributed by atoms with Gasteiger partial charge in [-0.15, -0.1) is 0 Å². The highest BCUT2D eigenvalue weighted by Gasteiger charge is 2.31. The molecule has 0 radical (unpaired) electrons. The summed E-state index contributed by atoms with van der Waals surface area (Å²) in [5.41, 5.74) is 0.927. The van der Waals surface area contributed by atoms with Crippen LogP contribution in [0.4, 0.5) is 5.69 Å². The molecule has 100 valence electrons. The molecule has 0 aromatic heterocycles. The van der Waals surface area contributed by atoms with Gasteiger partial charge in [-0.2, -0.15) is 0 Å². The molecule has 0 N–H and O–H groups in total.